The van der Waals surface area contributed by atoms with Crippen molar-refractivity contribution in [1.29, 1.82) is 0 Å². The molecule has 24 heavy (non-hydrogen) atoms. The van der Waals surface area contributed by atoms with Crippen LogP contribution in [0.5, 0.6) is 0 Å². The Hall–Kier alpha value is -2.72. The first-order valence-corrected chi connectivity index (χ1v) is 8.36. The van der Waals surface area contributed by atoms with E-state index in [1.165, 1.54) is 0 Å². The number of benzene rings is 3. The van der Waals surface area contributed by atoms with Gasteiger partial charge in [0, 0.05) is 10.0 Å². The molecule has 0 saturated carbocycles. The lowest BCUT2D eigenvalue weighted by Crippen LogP contribution is -2.21. The maximum atomic E-state index is 13.1. The molecule has 0 atom stereocenters. The van der Waals surface area contributed by atoms with E-state index in [-0.39, 0.29) is 5.56 Å². The van der Waals surface area contributed by atoms with Crippen LogP contribution < -0.4 is 5.56 Å². The zero-order chi connectivity index (χ0) is 16.5. The lowest BCUT2D eigenvalue weighted by molar-refractivity contribution is 0.976. The third-order valence-electron chi connectivity index (χ3n) is 3.87. The molecule has 1 aromatic heterocycles. The first-order valence-electron chi connectivity index (χ1n) is 7.57. The summed E-state index contributed by atoms with van der Waals surface area (Å²) in [6, 6.07) is 24.9. The maximum absolute atomic E-state index is 13.1. The Morgan fingerprint density at radius 2 is 1.58 bits per heavy atom. The molecule has 0 N–H and O–H groups in total. The molecule has 0 fully saturated rings. The topological polar surface area (TPSA) is 34.9 Å². The summed E-state index contributed by atoms with van der Waals surface area (Å²) in [5, 5.41) is 0.611. The number of fused-ring (bicyclic) bond motifs is 1. The molecule has 4 aromatic rings. The molecule has 3 nitrogen and oxygen atoms in total. The Morgan fingerprint density at radius 1 is 0.833 bits per heavy atom. The number of aromatic nitrogens is 2. The van der Waals surface area contributed by atoms with E-state index < -0.39 is 0 Å². The van der Waals surface area contributed by atoms with Crippen LogP contribution in [0.25, 0.3) is 28.0 Å². The van der Waals surface area contributed by atoms with Gasteiger partial charge in [-0.2, -0.15) is 0 Å². The Balaban J connectivity index is 2.13. The van der Waals surface area contributed by atoms with Crippen LogP contribution in [0.3, 0.4) is 0 Å². The van der Waals surface area contributed by atoms with Crippen molar-refractivity contribution in [2.45, 2.75) is 0 Å². The Labute approximate surface area is 147 Å². The van der Waals surface area contributed by atoms with Gasteiger partial charge in [0.05, 0.1) is 16.6 Å². The third kappa shape index (κ3) is 2.55. The molecule has 0 unspecified atom stereocenters. The Morgan fingerprint density at radius 3 is 2.38 bits per heavy atom. The van der Waals surface area contributed by atoms with Gasteiger partial charge in [0.25, 0.3) is 5.56 Å². The molecule has 0 aliphatic rings. The number of para-hydroxylation sites is 2. The van der Waals surface area contributed by atoms with Crippen molar-refractivity contribution < 1.29 is 0 Å². The van der Waals surface area contributed by atoms with Crippen LogP contribution in [0, 0.1) is 0 Å². The van der Waals surface area contributed by atoms with Crippen LogP contribution >= 0.6 is 15.9 Å². The Kier molecular flexibility index (Phi) is 3.75. The van der Waals surface area contributed by atoms with Crippen molar-refractivity contribution in [1.82, 2.24) is 9.55 Å². The number of hydrogen-bond donors (Lipinski definition) is 0. The highest BCUT2D eigenvalue weighted by molar-refractivity contribution is 9.10. The molecule has 0 saturated heterocycles. The fourth-order valence-corrected chi connectivity index (χ4v) is 3.17. The van der Waals surface area contributed by atoms with Gasteiger partial charge in [-0.15, -0.1) is 0 Å². The van der Waals surface area contributed by atoms with Gasteiger partial charge in [0.2, 0.25) is 0 Å². The van der Waals surface area contributed by atoms with Crippen LogP contribution in [0.2, 0.25) is 0 Å². The lowest BCUT2D eigenvalue weighted by atomic mass is 10.1. The van der Waals surface area contributed by atoms with Crippen LogP contribution in [-0.2, 0) is 0 Å². The standard InChI is InChI=1S/C20H13BrN2O/c21-15-8-6-7-14(13-15)19-22-18-12-5-4-11-17(18)20(24)23(19)16-9-2-1-3-10-16/h1-13H. The van der Waals surface area contributed by atoms with Gasteiger partial charge in [-0.05, 0) is 36.4 Å². The number of halogens is 1. The first-order chi connectivity index (χ1) is 11.7. The highest BCUT2D eigenvalue weighted by atomic mass is 79.9. The normalized spacial score (nSPS) is 10.9. The summed E-state index contributed by atoms with van der Waals surface area (Å²) in [6.45, 7) is 0. The number of nitrogens with zero attached hydrogens (tertiary/aromatic N) is 2. The molecule has 0 radical (unpaired) electrons. The first kappa shape index (κ1) is 14.8. The van der Waals surface area contributed by atoms with Crippen LogP contribution in [-0.4, -0.2) is 9.55 Å². The summed E-state index contributed by atoms with van der Waals surface area (Å²) in [4.78, 5) is 17.9. The second-order valence-corrected chi connectivity index (χ2v) is 6.35. The fourth-order valence-electron chi connectivity index (χ4n) is 2.77. The molecule has 1 heterocycles. The average molecular weight is 377 g/mol. The summed E-state index contributed by atoms with van der Waals surface area (Å²) in [7, 11) is 0. The van der Waals surface area contributed by atoms with Gasteiger partial charge in [-0.3, -0.25) is 9.36 Å². The minimum Gasteiger partial charge on any atom is -0.268 e. The SMILES string of the molecule is O=c1c2ccccc2nc(-c2cccc(Br)c2)n1-c1ccccc1. The van der Waals surface area contributed by atoms with E-state index in [9.17, 15) is 4.79 Å². The summed E-state index contributed by atoms with van der Waals surface area (Å²) in [6.07, 6.45) is 0. The molecule has 116 valence electrons. The zero-order valence-electron chi connectivity index (χ0n) is 12.7. The predicted octanol–water partition coefficient (Wildman–Crippen LogP) is 4.82. The second-order valence-electron chi connectivity index (χ2n) is 5.44. The van der Waals surface area contributed by atoms with E-state index in [2.05, 4.69) is 15.9 Å². The van der Waals surface area contributed by atoms with Crippen LogP contribution in [0.4, 0.5) is 0 Å². The zero-order valence-corrected chi connectivity index (χ0v) is 14.3. The van der Waals surface area contributed by atoms with E-state index in [0.29, 0.717) is 16.7 Å². The third-order valence-corrected chi connectivity index (χ3v) is 4.37. The maximum Gasteiger partial charge on any atom is 0.266 e. The second kappa shape index (κ2) is 6.06. The van der Waals surface area contributed by atoms with Crippen molar-refractivity contribution in [3.8, 4) is 17.1 Å². The molecular formula is C20H13BrN2O. The smallest absolute Gasteiger partial charge is 0.266 e. The highest BCUT2D eigenvalue weighted by Gasteiger charge is 2.14. The quantitative estimate of drug-likeness (QED) is 0.502. The lowest BCUT2D eigenvalue weighted by Gasteiger charge is -2.14. The van der Waals surface area contributed by atoms with Crippen molar-refractivity contribution in [2.75, 3.05) is 0 Å². The van der Waals surface area contributed by atoms with Crippen LogP contribution in [0.15, 0.2) is 88.1 Å². The summed E-state index contributed by atoms with van der Waals surface area (Å²) < 4.78 is 2.62. The van der Waals surface area contributed by atoms with Crippen molar-refractivity contribution in [2.24, 2.45) is 0 Å². The van der Waals surface area contributed by atoms with Crippen molar-refractivity contribution >= 4 is 26.8 Å². The van der Waals surface area contributed by atoms with Gasteiger partial charge in [0.15, 0.2) is 0 Å². The minimum atomic E-state index is -0.0678. The largest absolute Gasteiger partial charge is 0.268 e. The molecule has 4 rings (SSSR count). The van der Waals surface area contributed by atoms with Gasteiger partial charge >= 0.3 is 0 Å². The van der Waals surface area contributed by atoms with Gasteiger partial charge < -0.3 is 0 Å². The van der Waals surface area contributed by atoms with Gasteiger partial charge in [-0.25, -0.2) is 4.98 Å². The molecule has 0 bridgehead atoms. The van der Waals surface area contributed by atoms with E-state index in [1.807, 2.05) is 78.9 Å². The monoisotopic (exact) mass is 376 g/mol. The van der Waals surface area contributed by atoms with E-state index >= 15 is 0 Å². The number of rotatable bonds is 2. The summed E-state index contributed by atoms with van der Waals surface area (Å²) in [5.41, 5.74) is 2.32. The minimum absolute atomic E-state index is 0.0678. The summed E-state index contributed by atoms with van der Waals surface area (Å²) in [5.74, 6) is 0.631. The van der Waals surface area contributed by atoms with E-state index in [4.69, 9.17) is 4.98 Å². The molecule has 0 amide bonds. The Bertz CT molecular complexity index is 1090. The molecule has 4 heteroatoms. The molecule has 3 aromatic carbocycles. The molecule has 0 spiro atoms. The average Bonchev–Trinajstić information content (AvgIpc) is 2.62. The van der Waals surface area contributed by atoms with Crippen LogP contribution in [0.1, 0.15) is 0 Å². The number of hydrogen-bond acceptors (Lipinski definition) is 2. The summed E-state index contributed by atoms with van der Waals surface area (Å²) >= 11 is 3.49. The molecule has 0 aliphatic heterocycles. The van der Waals surface area contributed by atoms with E-state index in [0.717, 1.165) is 15.7 Å². The predicted molar refractivity (Wildman–Crippen MR) is 100 cm³/mol. The molecular weight excluding hydrogens is 364 g/mol. The fraction of sp³-hybridized carbons (Fsp3) is 0. The van der Waals surface area contributed by atoms with Crippen molar-refractivity contribution in [3.63, 3.8) is 0 Å². The van der Waals surface area contributed by atoms with E-state index in [1.54, 1.807) is 4.57 Å². The highest BCUT2D eigenvalue weighted by Crippen LogP contribution is 2.24. The van der Waals surface area contributed by atoms with Gasteiger partial charge in [0.1, 0.15) is 5.82 Å². The van der Waals surface area contributed by atoms with Crippen molar-refractivity contribution in [3.05, 3.63) is 93.7 Å². The van der Waals surface area contributed by atoms with Gasteiger partial charge in [-0.1, -0.05) is 58.4 Å². The molecule has 0 aliphatic carbocycles.